The van der Waals surface area contributed by atoms with Crippen molar-refractivity contribution in [2.75, 3.05) is 0 Å². The van der Waals surface area contributed by atoms with Crippen molar-refractivity contribution < 1.29 is 0 Å². The van der Waals surface area contributed by atoms with Gasteiger partial charge < -0.3 is 4.57 Å². The maximum Gasteiger partial charge on any atom is 0.0494 e. The molecule has 0 aliphatic carbocycles. The zero-order chi connectivity index (χ0) is 15.6. The fraction of sp³-hybridized carbons (Fsp3) is 0.0476. The molecular weight excluding hydrogens is 346 g/mol. The summed E-state index contributed by atoms with van der Waals surface area (Å²) in [6.45, 7) is 0.846. The zero-order valence-electron chi connectivity index (χ0n) is 12.6. The zero-order valence-corrected chi connectivity index (χ0v) is 14.2. The standard InChI is InChI=1S/C21H16BrN/c22-19-12-6-4-11-18(19)15-23-20-13-7-5-10-17(20)14-21(23)16-8-2-1-3-9-16/h1-14H,15H2. The van der Waals surface area contributed by atoms with E-state index in [0.29, 0.717) is 0 Å². The van der Waals surface area contributed by atoms with E-state index in [1.165, 1.54) is 27.7 Å². The van der Waals surface area contributed by atoms with Crippen molar-refractivity contribution in [3.05, 3.63) is 95.0 Å². The van der Waals surface area contributed by atoms with Crippen molar-refractivity contribution in [3.8, 4) is 11.3 Å². The summed E-state index contributed by atoms with van der Waals surface area (Å²) in [4.78, 5) is 0. The van der Waals surface area contributed by atoms with Gasteiger partial charge in [0.25, 0.3) is 0 Å². The molecule has 0 saturated heterocycles. The molecule has 0 saturated carbocycles. The first-order valence-electron chi connectivity index (χ1n) is 7.70. The third-order valence-electron chi connectivity index (χ3n) is 4.17. The monoisotopic (exact) mass is 361 g/mol. The molecule has 0 N–H and O–H groups in total. The molecular formula is C21H16BrN. The molecule has 3 aromatic carbocycles. The van der Waals surface area contributed by atoms with Crippen LogP contribution in [0.5, 0.6) is 0 Å². The van der Waals surface area contributed by atoms with Gasteiger partial charge in [0.2, 0.25) is 0 Å². The minimum Gasteiger partial charge on any atom is -0.336 e. The van der Waals surface area contributed by atoms with Crippen LogP contribution >= 0.6 is 15.9 Å². The lowest BCUT2D eigenvalue weighted by atomic mass is 10.1. The summed E-state index contributed by atoms with van der Waals surface area (Å²) in [6.07, 6.45) is 0. The molecule has 0 atom stereocenters. The highest BCUT2D eigenvalue weighted by Gasteiger charge is 2.11. The van der Waals surface area contributed by atoms with Gasteiger partial charge in [-0.05, 0) is 29.3 Å². The maximum atomic E-state index is 3.67. The van der Waals surface area contributed by atoms with E-state index in [9.17, 15) is 0 Å². The molecule has 112 valence electrons. The molecule has 0 bridgehead atoms. The summed E-state index contributed by atoms with van der Waals surface area (Å²) < 4.78 is 3.54. The summed E-state index contributed by atoms with van der Waals surface area (Å²) in [5, 5.41) is 1.28. The summed E-state index contributed by atoms with van der Waals surface area (Å²) in [6, 6.07) is 29.9. The SMILES string of the molecule is Brc1ccccc1Cn1c(-c2ccccc2)cc2ccccc21. The van der Waals surface area contributed by atoms with Crippen LogP contribution in [0.15, 0.2) is 89.4 Å². The summed E-state index contributed by atoms with van der Waals surface area (Å²) in [5.41, 5.74) is 5.05. The highest BCUT2D eigenvalue weighted by Crippen LogP contribution is 2.30. The Balaban J connectivity index is 1.92. The molecule has 4 rings (SSSR count). The van der Waals surface area contributed by atoms with Gasteiger partial charge in [-0.2, -0.15) is 0 Å². The van der Waals surface area contributed by atoms with E-state index in [4.69, 9.17) is 0 Å². The van der Waals surface area contributed by atoms with Gasteiger partial charge in [0.15, 0.2) is 0 Å². The normalized spacial score (nSPS) is 11.0. The summed E-state index contributed by atoms with van der Waals surface area (Å²) >= 11 is 3.67. The number of halogens is 1. The van der Waals surface area contributed by atoms with Crippen LogP contribution in [0.3, 0.4) is 0 Å². The number of nitrogens with zero attached hydrogens (tertiary/aromatic N) is 1. The molecule has 0 amide bonds. The third-order valence-corrected chi connectivity index (χ3v) is 4.94. The Bertz CT molecular complexity index is 954. The quantitative estimate of drug-likeness (QED) is 0.414. The summed E-state index contributed by atoms with van der Waals surface area (Å²) in [7, 11) is 0. The average Bonchev–Trinajstić information content (AvgIpc) is 2.96. The molecule has 0 unspecified atom stereocenters. The fourth-order valence-corrected chi connectivity index (χ4v) is 3.44. The molecule has 1 heterocycles. The average molecular weight is 362 g/mol. The van der Waals surface area contributed by atoms with Crippen LogP contribution in [0.4, 0.5) is 0 Å². The van der Waals surface area contributed by atoms with E-state index in [1.807, 2.05) is 0 Å². The van der Waals surface area contributed by atoms with Crippen molar-refractivity contribution in [3.63, 3.8) is 0 Å². The van der Waals surface area contributed by atoms with E-state index in [2.05, 4.69) is 105 Å². The molecule has 4 aromatic rings. The van der Waals surface area contributed by atoms with Crippen LogP contribution in [0.1, 0.15) is 5.56 Å². The largest absolute Gasteiger partial charge is 0.336 e. The minimum absolute atomic E-state index is 0.846. The second-order valence-corrected chi connectivity index (χ2v) is 6.49. The number of hydrogen-bond acceptors (Lipinski definition) is 0. The second kappa shape index (κ2) is 6.05. The lowest BCUT2D eigenvalue weighted by molar-refractivity contribution is 0.841. The van der Waals surface area contributed by atoms with Crippen molar-refractivity contribution in [2.45, 2.75) is 6.54 Å². The smallest absolute Gasteiger partial charge is 0.0494 e. The van der Waals surface area contributed by atoms with Gasteiger partial charge in [-0.25, -0.2) is 0 Å². The summed E-state index contributed by atoms with van der Waals surface area (Å²) in [5.74, 6) is 0. The van der Waals surface area contributed by atoms with E-state index < -0.39 is 0 Å². The first-order valence-corrected chi connectivity index (χ1v) is 8.49. The molecule has 0 aliphatic heterocycles. The Morgan fingerprint density at radius 3 is 2.26 bits per heavy atom. The number of aromatic nitrogens is 1. The molecule has 2 heteroatoms. The maximum absolute atomic E-state index is 3.67. The van der Waals surface area contributed by atoms with E-state index in [1.54, 1.807) is 0 Å². The van der Waals surface area contributed by atoms with Crippen molar-refractivity contribution in [1.82, 2.24) is 4.57 Å². The lowest BCUT2D eigenvalue weighted by Gasteiger charge is -2.12. The molecule has 0 aliphatic rings. The molecule has 0 fully saturated rings. The molecule has 1 nitrogen and oxygen atoms in total. The van der Waals surface area contributed by atoms with Crippen molar-refractivity contribution in [2.24, 2.45) is 0 Å². The number of rotatable bonds is 3. The fourth-order valence-electron chi connectivity index (χ4n) is 3.03. The van der Waals surface area contributed by atoms with Gasteiger partial charge in [-0.3, -0.25) is 0 Å². The van der Waals surface area contributed by atoms with Gasteiger partial charge in [0.05, 0.1) is 0 Å². The molecule has 23 heavy (non-hydrogen) atoms. The van der Waals surface area contributed by atoms with E-state index in [-0.39, 0.29) is 0 Å². The predicted octanol–water partition coefficient (Wildman–Crippen LogP) is 6.12. The first-order chi connectivity index (χ1) is 11.3. The minimum atomic E-state index is 0.846. The Morgan fingerprint density at radius 1 is 0.739 bits per heavy atom. The van der Waals surface area contributed by atoms with Gasteiger partial charge in [-0.1, -0.05) is 82.7 Å². The van der Waals surface area contributed by atoms with Crippen LogP contribution in [-0.4, -0.2) is 4.57 Å². The van der Waals surface area contributed by atoms with E-state index in [0.717, 1.165) is 11.0 Å². The van der Waals surface area contributed by atoms with E-state index >= 15 is 0 Å². The molecule has 0 spiro atoms. The lowest BCUT2D eigenvalue weighted by Crippen LogP contribution is -2.02. The first kappa shape index (κ1) is 14.3. The van der Waals surface area contributed by atoms with Gasteiger partial charge in [0.1, 0.15) is 0 Å². The topological polar surface area (TPSA) is 4.93 Å². The van der Waals surface area contributed by atoms with Gasteiger partial charge in [0, 0.05) is 27.6 Å². The molecule has 0 radical (unpaired) electrons. The highest BCUT2D eigenvalue weighted by atomic mass is 79.9. The Hall–Kier alpha value is -2.32. The van der Waals surface area contributed by atoms with Crippen LogP contribution in [0.25, 0.3) is 22.2 Å². The number of para-hydroxylation sites is 1. The Labute approximate surface area is 144 Å². The highest BCUT2D eigenvalue weighted by molar-refractivity contribution is 9.10. The van der Waals surface area contributed by atoms with Crippen LogP contribution < -0.4 is 0 Å². The van der Waals surface area contributed by atoms with Gasteiger partial charge in [-0.15, -0.1) is 0 Å². The second-order valence-electron chi connectivity index (χ2n) is 5.63. The Kier molecular flexibility index (Phi) is 3.76. The van der Waals surface area contributed by atoms with Crippen LogP contribution in [0.2, 0.25) is 0 Å². The number of benzene rings is 3. The van der Waals surface area contributed by atoms with Crippen molar-refractivity contribution in [1.29, 1.82) is 0 Å². The Morgan fingerprint density at radius 2 is 1.43 bits per heavy atom. The van der Waals surface area contributed by atoms with Crippen LogP contribution in [-0.2, 0) is 6.54 Å². The van der Waals surface area contributed by atoms with Gasteiger partial charge >= 0.3 is 0 Å². The van der Waals surface area contributed by atoms with Crippen molar-refractivity contribution >= 4 is 26.8 Å². The number of hydrogen-bond donors (Lipinski definition) is 0. The third kappa shape index (κ3) is 2.71. The predicted molar refractivity (Wildman–Crippen MR) is 101 cm³/mol. The number of fused-ring (bicyclic) bond motifs is 1. The van der Waals surface area contributed by atoms with Crippen LogP contribution in [0, 0.1) is 0 Å². The molecule has 1 aromatic heterocycles.